The van der Waals surface area contributed by atoms with Crippen molar-refractivity contribution >= 4 is 51.6 Å². The van der Waals surface area contributed by atoms with Gasteiger partial charge in [-0.25, -0.2) is 10.6 Å². The van der Waals surface area contributed by atoms with Crippen molar-refractivity contribution in [2.45, 2.75) is 39.2 Å². The van der Waals surface area contributed by atoms with Crippen LogP contribution in [0.2, 0.25) is 0 Å². The number of nitrogens with one attached hydrogen (secondary N) is 1. The molecule has 160 valence electrons. The van der Waals surface area contributed by atoms with Gasteiger partial charge in [0.1, 0.15) is 18.0 Å². The third-order valence-corrected chi connectivity index (χ3v) is 5.34. The second-order valence-electron chi connectivity index (χ2n) is 7.00. The predicted octanol–water partition coefficient (Wildman–Crippen LogP) is 3.17. The van der Waals surface area contributed by atoms with E-state index in [1.54, 1.807) is 12.1 Å². The topological polar surface area (TPSA) is 138 Å². The van der Waals surface area contributed by atoms with Crippen molar-refractivity contribution in [2.75, 3.05) is 42.6 Å². The van der Waals surface area contributed by atoms with Gasteiger partial charge in [0.05, 0.1) is 24.4 Å². The van der Waals surface area contributed by atoms with E-state index in [2.05, 4.69) is 27.4 Å². The largest absolute Gasteiger partial charge is 0.489 e. The Morgan fingerprint density at radius 3 is 2.57 bits per heavy atom. The van der Waals surface area contributed by atoms with Crippen molar-refractivity contribution in [2.24, 2.45) is 5.84 Å². The molecule has 28 heavy (non-hydrogen) atoms. The van der Waals surface area contributed by atoms with Crippen molar-refractivity contribution in [3.8, 4) is 5.75 Å². The van der Waals surface area contributed by atoms with Gasteiger partial charge in [-0.3, -0.25) is 4.78 Å². The molecule has 0 radical (unpaired) electrons. The number of alkyl carbamates (subject to hydrolysis) is 1. The monoisotopic (exact) mass is 527 g/mol. The quantitative estimate of drug-likeness (QED) is 0.0860. The molecule has 1 atom stereocenters. The summed E-state index contributed by atoms with van der Waals surface area (Å²) in [5, 5.41) is 2.71. The minimum atomic E-state index is -0.486. The Kier molecular flexibility index (Phi) is 10.9. The average Bonchev–Trinajstić information content (AvgIpc) is 2.60. The molecule has 0 bridgehead atoms. The van der Waals surface area contributed by atoms with Gasteiger partial charge in [-0.05, 0) is 61.7 Å². The Labute approximate surface area is 181 Å². The molecular formula is C17H31IN5O4P. The van der Waals surface area contributed by atoms with E-state index in [1.165, 1.54) is 4.78 Å². The first-order chi connectivity index (χ1) is 13.1. The molecule has 7 N–H and O–H groups in total. The third kappa shape index (κ3) is 9.81. The molecule has 0 aliphatic rings. The molecule has 1 amide bonds. The highest BCUT2D eigenvalue weighted by Crippen LogP contribution is 2.39. The van der Waals surface area contributed by atoms with Crippen molar-refractivity contribution in [1.29, 1.82) is 0 Å². The summed E-state index contributed by atoms with van der Waals surface area (Å²) in [6.45, 7) is 7.38. The van der Waals surface area contributed by atoms with Crippen molar-refractivity contribution in [3.63, 3.8) is 0 Å². The first-order valence-corrected chi connectivity index (χ1v) is 13.0. The summed E-state index contributed by atoms with van der Waals surface area (Å²) < 4.78 is 17.9. The number of ether oxygens (including phenoxy) is 3. The number of anilines is 3. The average molecular weight is 527 g/mol. The molecule has 1 rings (SSSR count). The van der Waals surface area contributed by atoms with Crippen LogP contribution in [-0.2, 0) is 9.47 Å². The number of hydrazine groups is 1. The Hall–Kier alpha value is -1.23. The molecule has 9 nitrogen and oxygen atoms in total. The maximum atomic E-state index is 11.5. The zero-order chi connectivity index (χ0) is 21.2. The highest BCUT2D eigenvalue weighted by Gasteiger charge is 2.15. The highest BCUT2D eigenvalue weighted by molar-refractivity contribution is 14.2. The number of hydrogen-bond donors (Lipinski definition) is 4. The van der Waals surface area contributed by atoms with Crippen LogP contribution in [-0.4, -0.2) is 38.1 Å². The minimum absolute atomic E-state index is 0.326. The molecule has 0 fully saturated rings. The molecule has 11 heteroatoms. The summed E-state index contributed by atoms with van der Waals surface area (Å²) in [6.07, 6.45) is 1.54. The number of nitrogens with two attached hydrogens (primary N) is 3. The number of hydrogen-bond acceptors (Lipinski definition) is 8. The second kappa shape index (κ2) is 12.4. The maximum Gasteiger partial charge on any atom is 0.407 e. The summed E-state index contributed by atoms with van der Waals surface area (Å²) in [5.74, 6) is 6.40. The molecule has 0 saturated heterocycles. The van der Waals surface area contributed by atoms with E-state index < -0.39 is 11.7 Å². The molecule has 1 aromatic carbocycles. The van der Waals surface area contributed by atoms with Gasteiger partial charge >= 0.3 is 6.09 Å². The lowest BCUT2D eigenvalue weighted by Gasteiger charge is -2.20. The molecule has 0 spiro atoms. The lowest BCUT2D eigenvalue weighted by atomic mass is 10.2. The van der Waals surface area contributed by atoms with Crippen LogP contribution in [0.1, 0.15) is 33.6 Å². The van der Waals surface area contributed by atoms with Gasteiger partial charge < -0.3 is 31.0 Å². The van der Waals surface area contributed by atoms with E-state index >= 15 is 0 Å². The van der Waals surface area contributed by atoms with Crippen LogP contribution in [0.15, 0.2) is 12.1 Å². The fourth-order valence-electron chi connectivity index (χ4n) is 2.14. The number of carbonyl (C=O) groups is 1. The van der Waals surface area contributed by atoms with E-state index in [-0.39, 0.29) is 0 Å². The van der Waals surface area contributed by atoms with E-state index in [4.69, 9.17) is 31.5 Å². The number of amides is 1. The van der Waals surface area contributed by atoms with Crippen LogP contribution < -0.4 is 32.1 Å². The SMILES string of the molecule is CC(C)(C)OC(=O)NCCCCOCCOc1cc(N)cc(N(N)PI)c1N. The van der Waals surface area contributed by atoms with Crippen LogP contribution in [0.5, 0.6) is 5.75 Å². The Morgan fingerprint density at radius 2 is 1.93 bits per heavy atom. The smallest absolute Gasteiger partial charge is 0.407 e. The van der Waals surface area contributed by atoms with E-state index in [9.17, 15) is 4.79 Å². The second-order valence-corrected chi connectivity index (χ2v) is 9.10. The molecule has 0 aliphatic heterocycles. The van der Waals surface area contributed by atoms with Crippen molar-refractivity contribution in [1.82, 2.24) is 5.32 Å². The summed E-state index contributed by atoms with van der Waals surface area (Å²) in [7, 11) is 0. The van der Waals surface area contributed by atoms with Gasteiger partial charge in [0.2, 0.25) is 0 Å². The van der Waals surface area contributed by atoms with Gasteiger partial charge in [0, 0.05) is 24.9 Å². The third-order valence-electron chi connectivity index (χ3n) is 3.36. The molecular weight excluding hydrogens is 496 g/mol. The first-order valence-electron chi connectivity index (χ1n) is 8.91. The number of unbranched alkanes of at least 4 members (excludes halogenated alkanes) is 1. The van der Waals surface area contributed by atoms with Crippen molar-refractivity contribution < 1.29 is 19.0 Å². The normalized spacial score (nSPS) is 11.6. The summed E-state index contributed by atoms with van der Waals surface area (Å²) in [5.41, 5.74) is 13.1. The lowest BCUT2D eigenvalue weighted by Crippen LogP contribution is -2.33. The van der Waals surface area contributed by atoms with E-state index in [0.29, 0.717) is 55.6 Å². The zero-order valence-corrected chi connectivity index (χ0v) is 19.7. The fraction of sp³-hybridized carbons (Fsp3) is 0.588. The Bertz CT molecular complexity index is 630. The minimum Gasteiger partial charge on any atom is -0.489 e. The van der Waals surface area contributed by atoms with Gasteiger partial charge in [0.15, 0.2) is 0 Å². The van der Waals surface area contributed by atoms with Crippen LogP contribution in [0.4, 0.5) is 21.9 Å². The van der Waals surface area contributed by atoms with Gasteiger partial charge in [-0.15, -0.1) is 0 Å². The predicted molar refractivity (Wildman–Crippen MR) is 124 cm³/mol. The van der Waals surface area contributed by atoms with E-state index in [1.807, 2.05) is 20.8 Å². The van der Waals surface area contributed by atoms with Crippen LogP contribution >= 0.6 is 28.4 Å². The van der Waals surface area contributed by atoms with E-state index in [0.717, 1.165) is 12.8 Å². The van der Waals surface area contributed by atoms with Gasteiger partial charge in [-0.2, -0.15) is 0 Å². The number of nitrogen functional groups attached to an aromatic ring is 2. The number of carbonyl (C=O) groups excluding carboxylic acids is 1. The summed E-state index contributed by atoms with van der Waals surface area (Å²) in [6, 6.07) is 3.39. The standard InChI is InChI=1S/C17H31IN5O4P/c1-17(2,3)27-16(24)22-6-4-5-7-25-8-9-26-14-11-12(19)10-13(15(14)20)23(21)28-18/h10-11,28H,4-9,19-21H2,1-3H3,(H,22,24). The Morgan fingerprint density at radius 1 is 1.21 bits per heavy atom. The van der Waals surface area contributed by atoms with Gasteiger partial charge in [0.25, 0.3) is 0 Å². The summed E-state index contributed by atoms with van der Waals surface area (Å²) >= 11 is 2.16. The number of benzene rings is 1. The first kappa shape index (κ1) is 24.8. The summed E-state index contributed by atoms with van der Waals surface area (Å²) in [4.78, 5) is 11.5. The maximum absolute atomic E-state index is 11.5. The highest BCUT2D eigenvalue weighted by atomic mass is 127. The van der Waals surface area contributed by atoms with Crippen LogP contribution in [0.3, 0.4) is 0 Å². The molecule has 0 aliphatic carbocycles. The number of halogens is 1. The van der Waals surface area contributed by atoms with Crippen LogP contribution in [0.25, 0.3) is 0 Å². The number of nitrogens with zero attached hydrogens (tertiary/aromatic N) is 1. The fourth-order valence-corrected chi connectivity index (χ4v) is 3.20. The molecule has 0 heterocycles. The molecule has 1 unspecified atom stereocenters. The molecule has 0 saturated carbocycles. The van der Waals surface area contributed by atoms with Gasteiger partial charge in [-0.1, -0.05) is 0 Å². The lowest BCUT2D eigenvalue weighted by molar-refractivity contribution is 0.0523. The Balaban J connectivity index is 2.20. The van der Waals surface area contributed by atoms with Crippen LogP contribution in [0, 0.1) is 0 Å². The molecule has 0 aromatic heterocycles. The molecule has 1 aromatic rings. The zero-order valence-electron chi connectivity index (χ0n) is 16.6. The van der Waals surface area contributed by atoms with Crippen molar-refractivity contribution in [3.05, 3.63) is 12.1 Å². The number of rotatable bonds is 11.